The van der Waals surface area contributed by atoms with Crippen molar-refractivity contribution < 1.29 is 19.4 Å². The SMILES string of the molecule is C=C(CC(=O)O)C(=O)OC(CCCCCC)CCCCCCC. The lowest BCUT2D eigenvalue weighted by Gasteiger charge is -2.18. The maximum Gasteiger partial charge on any atom is 0.334 e. The van der Waals surface area contributed by atoms with Crippen molar-refractivity contribution >= 4 is 11.9 Å². The number of ether oxygens (including phenoxy) is 1. The van der Waals surface area contributed by atoms with Gasteiger partial charge in [0.2, 0.25) is 0 Å². The number of carboxylic acids is 1. The van der Waals surface area contributed by atoms with E-state index >= 15 is 0 Å². The van der Waals surface area contributed by atoms with Crippen LogP contribution in [-0.4, -0.2) is 23.1 Å². The molecule has 1 atom stereocenters. The first-order valence-corrected chi connectivity index (χ1v) is 9.11. The zero-order chi connectivity index (χ0) is 17.5. The van der Waals surface area contributed by atoms with E-state index in [2.05, 4.69) is 20.4 Å². The highest BCUT2D eigenvalue weighted by atomic mass is 16.5. The van der Waals surface area contributed by atoms with Crippen LogP contribution in [0.25, 0.3) is 0 Å². The number of esters is 1. The summed E-state index contributed by atoms with van der Waals surface area (Å²) >= 11 is 0. The van der Waals surface area contributed by atoms with Gasteiger partial charge in [-0.3, -0.25) is 4.79 Å². The molecule has 0 bridgehead atoms. The Morgan fingerprint density at radius 1 is 0.913 bits per heavy atom. The van der Waals surface area contributed by atoms with Gasteiger partial charge < -0.3 is 9.84 Å². The standard InChI is InChI=1S/C19H34O4/c1-4-6-8-10-12-14-17(13-11-9-7-5-2)23-19(22)16(3)15-18(20)21/h17H,3-15H2,1-2H3,(H,20,21). The highest BCUT2D eigenvalue weighted by Crippen LogP contribution is 2.17. The molecule has 23 heavy (non-hydrogen) atoms. The Labute approximate surface area is 141 Å². The van der Waals surface area contributed by atoms with Crippen molar-refractivity contribution in [3.63, 3.8) is 0 Å². The van der Waals surface area contributed by atoms with Crippen LogP contribution in [0.15, 0.2) is 12.2 Å². The van der Waals surface area contributed by atoms with Crippen molar-refractivity contribution in [3.05, 3.63) is 12.2 Å². The summed E-state index contributed by atoms with van der Waals surface area (Å²) < 4.78 is 5.50. The summed E-state index contributed by atoms with van der Waals surface area (Å²) in [5, 5.41) is 8.72. The highest BCUT2D eigenvalue weighted by molar-refractivity contribution is 5.92. The zero-order valence-electron chi connectivity index (χ0n) is 14.9. The highest BCUT2D eigenvalue weighted by Gasteiger charge is 2.18. The molecule has 0 aliphatic carbocycles. The van der Waals surface area contributed by atoms with Crippen molar-refractivity contribution in [1.82, 2.24) is 0 Å². The van der Waals surface area contributed by atoms with Crippen molar-refractivity contribution in [2.75, 3.05) is 0 Å². The Morgan fingerprint density at radius 2 is 1.39 bits per heavy atom. The van der Waals surface area contributed by atoms with Crippen molar-refractivity contribution in [3.8, 4) is 0 Å². The number of unbranched alkanes of at least 4 members (excludes halogenated alkanes) is 7. The summed E-state index contributed by atoms with van der Waals surface area (Å²) in [7, 11) is 0. The normalized spacial score (nSPS) is 11.9. The molecule has 0 fully saturated rings. The quantitative estimate of drug-likeness (QED) is 0.253. The molecule has 0 spiro atoms. The smallest absolute Gasteiger partial charge is 0.334 e. The van der Waals surface area contributed by atoms with E-state index in [9.17, 15) is 9.59 Å². The molecule has 1 N–H and O–H groups in total. The predicted octanol–water partition coefficient (Wildman–Crippen LogP) is 5.26. The number of carbonyl (C=O) groups excluding carboxylic acids is 1. The van der Waals surface area contributed by atoms with Crippen molar-refractivity contribution in [2.45, 2.75) is 97.0 Å². The molecular weight excluding hydrogens is 292 g/mol. The molecule has 0 aliphatic rings. The van der Waals surface area contributed by atoms with E-state index in [1.54, 1.807) is 0 Å². The van der Waals surface area contributed by atoms with Crippen LogP contribution in [0, 0.1) is 0 Å². The minimum Gasteiger partial charge on any atom is -0.481 e. The molecule has 4 nitrogen and oxygen atoms in total. The molecule has 0 aromatic carbocycles. The second-order valence-corrected chi connectivity index (χ2v) is 6.25. The van der Waals surface area contributed by atoms with Crippen molar-refractivity contribution in [2.24, 2.45) is 0 Å². The van der Waals surface area contributed by atoms with E-state index < -0.39 is 11.9 Å². The van der Waals surface area contributed by atoms with Gasteiger partial charge in [0.25, 0.3) is 0 Å². The molecule has 134 valence electrons. The second kappa shape index (κ2) is 14.3. The minimum absolute atomic E-state index is 0.0297. The van der Waals surface area contributed by atoms with Crippen LogP contribution in [0.5, 0.6) is 0 Å². The molecule has 1 unspecified atom stereocenters. The Morgan fingerprint density at radius 3 is 1.87 bits per heavy atom. The fourth-order valence-electron chi connectivity index (χ4n) is 2.53. The van der Waals surface area contributed by atoms with E-state index in [0.717, 1.165) is 38.5 Å². The Hall–Kier alpha value is -1.32. The Kier molecular flexibility index (Phi) is 13.5. The van der Waals surface area contributed by atoms with E-state index in [1.807, 2.05) is 0 Å². The molecule has 0 saturated heterocycles. The monoisotopic (exact) mass is 326 g/mol. The molecule has 0 saturated carbocycles. The zero-order valence-corrected chi connectivity index (χ0v) is 14.9. The fraction of sp³-hybridized carbons (Fsp3) is 0.789. The van der Waals surface area contributed by atoms with Crippen LogP contribution in [0.2, 0.25) is 0 Å². The van der Waals surface area contributed by atoms with Gasteiger partial charge in [-0.2, -0.15) is 0 Å². The van der Waals surface area contributed by atoms with Gasteiger partial charge in [-0.05, 0) is 25.7 Å². The summed E-state index contributed by atoms with van der Waals surface area (Å²) in [6.45, 7) is 7.88. The number of carboxylic acid groups (broad SMARTS) is 1. The topological polar surface area (TPSA) is 63.6 Å². The number of carbonyl (C=O) groups is 2. The lowest BCUT2D eigenvalue weighted by atomic mass is 10.0. The first-order valence-electron chi connectivity index (χ1n) is 9.11. The third-order valence-corrected chi connectivity index (χ3v) is 3.94. The second-order valence-electron chi connectivity index (χ2n) is 6.25. The molecule has 0 aromatic rings. The number of hydrogen-bond acceptors (Lipinski definition) is 3. The minimum atomic E-state index is -1.05. The fourth-order valence-corrected chi connectivity index (χ4v) is 2.53. The van der Waals surface area contributed by atoms with Gasteiger partial charge in [0.05, 0.1) is 6.42 Å². The van der Waals surface area contributed by atoms with E-state index in [1.165, 1.54) is 32.1 Å². The largest absolute Gasteiger partial charge is 0.481 e. The molecule has 0 aliphatic heterocycles. The average molecular weight is 326 g/mol. The summed E-state index contributed by atoms with van der Waals surface area (Å²) in [6.07, 6.45) is 11.7. The summed E-state index contributed by atoms with van der Waals surface area (Å²) in [5.41, 5.74) is 0.0297. The third-order valence-electron chi connectivity index (χ3n) is 3.94. The molecule has 0 radical (unpaired) electrons. The lowest BCUT2D eigenvalue weighted by molar-refractivity contribution is -0.147. The van der Waals surface area contributed by atoms with Crippen molar-refractivity contribution in [1.29, 1.82) is 0 Å². The van der Waals surface area contributed by atoms with Gasteiger partial charge in [-0.15, -0.1) is 0 Å². The van der Waals surface area contributed by atoms with E-state index in [4.69, 9.17) is 9.84 Å². The maximum absolute atomic E-state index is 11.9. The van der Waals surface area contributed by atoms with E-state index in [-0.39, 0.29) is 18.1 Å². The van der Waals surface area contributed by atoms with Crippen LogP contribution in [-0.2, 0) is 14.3 Å². The molecule has 0 rings (SSSR count). The first-order chi connectivity index (χ1) is 11.0. The molecule has 0 amide bonds. The van der Waals surface area contributed by atoms with Crippen LogP contribution in [0.3, 0.4) is 0 Å². The van der Waals surface area contributed by atoms with Crippen LogP contribution < -0.4 is 0 Å². The van der Waals surface area contributed by atoms with E-state index in [0.29, 0.717) is 0 Å². The van der Waals surface area contributed by atoms with Gasteiger partial charge in [-0.1, -0.05) is 65.4 Å². The first kappa shape index (κ1) is 21.7. The van der Waals surface area contributed by atoms with Gasteiger partial charge in [0.15, 0.2) is 0 Å². The number of hydrogen-bond donors (Lipinski definition) is 1. The summed E-state index contributed by atoms with van der Waals surface area (Å²) in [6, 6.07) is 0. The van der Waals surface area contributed by atoms with Gasteiger partial charge in [-0.25, -0.2) is 4.79 Å². The molecule has 0 heterocycles. The van der Waals surface area contributed by atoms with Gasteiger partial charge >= 0.3 is 11.9 Å². The molecule has 0 aromatic heterocycles. The Balaban J connectivity index is 4.25. The maximum atomic E-state index is 11.9. The predicted molar refractivity (Wildman–Crippen MR) is 93.4 cm³/mol. The van der Waals surface area contributed by atoms with Gasteiger partial charge in [0.1, 0.15) is 6.10 Å². The Bertz CT molecular complexity index is 349. The van der Waals surface area contributed by atoms with Gasteiger partial charge in [0, 0.05) is 5.57 Å². The third kappa shape index (κ3) is 12.9. The number of rotatable bonds is 15. The lowest BCUT2D eigenvalue weighted by Crippen LogP contribution is -2.20. The molecule has 4 heteroatoms. The number of aliphatic carboxylic acids is 1. The average Bonchev–Trinajstić information content (AvgIpc) is 2.50. The van der Waals surface area contributed by atoms with Crippen LogP contribution in [0.4, 0.5) is 0 Å². The summed E-state index contributed by atoms with van der Waals surface area (Å²) in [5.74, 6) is -1.60. The van der Waals surface area contributed by atoms with Crippen LogP contribution >= 0.6 is 0 Å². The summed E-state index contributed by atoms with van der Waals surface area (Å²) in [4.78, 5) is 22.6. The van der Waals surface area contributed by atoms with Crippen LogP contribution in [0.1, 0.15) is 90.9 Å². The molecular formula is C19H34O4.